The smallest absolute Gasteiger partial charge is 0.164 e. The van der Waals surface area contributed by atoms with E-state index in [9.17, 15) is 0 Å². The van der Waals surface area contributed by atoms with E-state index in [1.54, 1.807) is 0 Å². The Kier molecular flexibility index (Phi) is 8.79. The molecule has 322 valence electrons. The van der Waals surface area contributed by atoms with Crippen molar-refractivity contribution in [1.82, 2.24) is 24.1 Å². The second kappa shape index (κ2) is 15.6. The number of rotatable bonds is 7. The molecule has 0 aliphatic rings. The van der Waals surface area contributed by atoms with Gasteiger partial charge in [0.15, 0.2) is 17.5 Å². The first-order chi connectivity index (χ1) is 34.2. The van der Waals surface area contributed by atoms with Crippen LogP contribution in [0.1, 0.15) is 0 Å². The third-order valence-corrected chi connectivity index (χ3v) is 13.5. The SMILES string of the molecule is c1ccc(-c2cccc(-c3nc(-c4cccc(-c5ccccc5)c4)nc(-c4cccc5oc6ccc(-n7c8ccccc8c8cc9c%10ccccc%10n(-c%10ccccc%10)c9cc87)cc6c45)n3)c2)cc1. The van der Waals surface area contributed by atoms with Crippen molar-refractivity contribution >= 4 is 65.6 Å². The Bertz CT molecular complexity index is 4200. The van der Waals surface area contributed by atoms with Crippen molar-refractivity contribution in [3.8, 4) is 67.8 Å². The Balaban J connectivity index is 0.988. The fourth-order valence-electron chi connectivity index (χ4n) is 10.4. The average molecular weight is 882 g/mol. The van der Waals surface area contributed by atoms with Gasteiger partial charge >= 0.3 is 0 Å². The molecule has 69 heavy (non-hydrogen) atoms. The highest BCUT2D eigenvalue weighted by molar-refractivity contribution is 6.19. The summed E-state index contributed by atoms with van der Waals surface area (Å²) in [5, 5.41) is 6.77. The molecular weight excluding hydrogens is 843 g/mol. The van der Waals surface area contributed by atoms with Crippen molar-refractivity contribution in [3.05, 3.63) is 237 Å². The number of para-hydroxylation sites is 3. The quantitative estimate of drug-likeness (QED) is 0.160. The van der Waals surface area contributed by atoms with Gasteiger partial charge < -0.3 is 13.6 Å². The fraction of sp³-hybridized carbons (Fsp3) is 0. The van der Waals surface area contributed by atoms with Crippen LogP contribution >= 0.6 is 0 Å². The number of furan rings is 1. The van der Waals surface area contributed by atoms with E-state index >= 15 is 0 Å². The summed E-state index contributed by atoms with van der Waals surface area (Å²) in [6.45, 7) is 0. The molecule has 4 heterocycles. The van der Waals surface area contributed by atoms with E-state index in [1.807, 2.05) is 24.3 Å². The lowest BCUT2D eigenvalue weighted by Crippen LogP contribution is -2.01. The van der Waals surface area contributed by atoms with Crippen LogP contribution in [-0.4, -0.2) is 24.1 Å². The molecule has 0 saturated carbocycles. The van der Waals surface area contributed by atoms with Crippen molar-refractivity contribution in [2.24, 2.45) is 0 Å². The number of aromatic nitrogens is 5. The minimum absolute atomic E-state index is 0.567. The van der Waals surface area contributed by atoms with Crippen molar-refractivity contribution in [2.45, 2.75) is 0 Å². The summed E-state index contributed by atoms with van der Waals surface area (Å²) in [5.41, 5.74) is 15.4. The summed E-state index contributed by atoms with van der Waals surface area (Å²) in [5.74, 6) is 1.75. The minimum atomic E-state index is 0.567. The number of hydrogen-bond donors (Lipinski definition) is 0. The average Bonchev–Trinajstić information content (AvgIpc) is 4.08. The van der Waals surface area contributed by atoms with Crippen molar-refractivity contribution in [2.75, 3.05) is 0 Å². The van der Waals surface area contributed by atoms with Gasteiger partial charge in [-0.1, -0.05) is 164 Å². The molecule has 0 amide bonds. The lowest BCUT2D eigenvalue weighted by molar-refractivity contribution is 0.669. The molecule has 0 spiro atoms. The van der Waals surface area contributed by atoms with Crippen LogP contribution < -0.4 is 0 Å². The van der Waals surface area contributed by atoms with Crippen LogP contribution in [0, 0.1) is 0 Å². The monoisotopic (exact) mass is 881 g/mol. The Morgan fingerprint density at radius 1 is 0.275 bits per heavy atom. The van der Waals surface area contributed by atoms with E-state index in [2.05, 4.69) is 221 Å². The van der Waals surface area contributed by atoms with Gasteiger partial charge in [0.05, 0.1) is 22.1 Å². The Morgan fingerprint density at radius 2 is 0.768 bits per heavy atom. The molecule has 14 rings (SSSR count). The summed E-state index contributed by atoms with van der Waals surface area (Å²) >= 11 is 0. The predicted molar refractivity (Wildman–Crippen MR) is 283 cm³/mol. The van der Waals surface area contributed by atoms with Crippen LogP contribution in [0.15, 0.2) is 241 Å². The molecule has 0 N–H and O–H groups in total. The minimum Gasteiger partial charge on any atom is -0.456 e. The van der Waals surface area contributed by atoms with Gasteiger partial charge in [-0.15, -0.1) is 0 Å². The molecule has 14 aromatic rings. The van der Waals surface area contributed by atoms with Gasteiger partial charge in [0.1, 0.15) is 11.2 Å². The normalized spacial score (nSPS) is 11.8. The largest absolute Gasteiger partial charge is 0.456 e. The first-order valence-electron chi connectivity index (χ1n) is 23.3. The van der Waals surface area contributed by atoms with E-state index in [0.29, 0.717) is 17.5 Å². The van der Waals surface area contributed by atoms with Gasteiger partial charge in [-0.3, -0.25) is 0 Å². The number of hydrogen-bond acceptors (Lipinski definition) is 4. The molecule has 6 heteroatoms. The third kappa shape index (κ3) is 6.38. The molecule has 0 aliphatic heterocycles. The molecule has 0 aliphatic carbocycles. The van der Waals surface area contributed by atoms with Gasteiger partial charge in [0.25, 0.3) is 0 Å². The molecule has 0 atom stereocenters. The van der Waals surface area contributed by atoms with E-state index in [1.165, 1.54) is 27.1 Å². The van der Waals surface area contributed by atoms with Crippen molar-refractivity contribution in [1.29, 1.82) is 0 Å². The second-order valence-corrected chi connectivity index (χ2v) is 17.6. The first kappa shape index (κ1) is 38.8. The molecule has 6 nitrogen and oxygen atoms in total. The lowest BCUT2D eigenvalue weighted by atomic mass is 10.0. The summed E-state index contributed by atoms with van der Waals surface area (Å²) in [4.78, 5) is 15.8. The maximum absolute atomic E-state index is 6.69. The zero-order chi connectivity index (χ0) is 45.4. The summed E-state index contributed by atoms with van der Waals surface area (Å²) in [7, 11) is 0. The van der Waals surface area contributed by atoms with Crippen LogP contribution in [-0.2, 0) is 0 Å². The molecular formula is C63H39N5O. The summed E-state index contributed by atoms with van der Waals surface area (Å²) in [6.07, 6.45) is 0. The summed E-state index contributed by atoms with van der Waals surface area (Å²) < 4.78 is 11.5. The lowest BCUT2D eigenvalue weighted by Gasteiger charge is -2.12. The highest BCUT2D eigenvalue weighted by atomic mass is 16.3. The molecule has 0 saturated heterocycles. The van der Waals surface area contributed by atoms with Crippen molar-refractivity contribution in [3.63, 3.8) is 0 Å². The van der Waals surface area contributed by atoms with E-state index in [0.717, 1.165) is 88.8 Å². The Labute approximate surface area is 396 Å². The third-order valence-electron chi connectivity index (χ3n) is 13.5. The Hall–Kier alpha value is -9.39. The van der Waals surface area contributed by atoms with Crippen molar-refractivity contribution < 1.29 is 4.42 Å². The van der Waals surface area contributed by atoms with Crippen LogP contribution in [0.25, 0.3) is 133 Å². The standard InChI is InChI=1S/C63H39N5O/c1-4-17-40(18-5-1)42-21-14-23-44(35-42)61-64-62(45-24-15-22-43(36-45)41-19-6-2-7-20-41)66-63(65-61)50-29-16-32-59-60(50)53-37-47(33-34-58(53)69-59)68-55-31-13-11-28-49(55)52-38-51-48-27-10-12-30-54(48)67(56(51)39-57(52)68)46-25-8-3-9-26-46/h1-39H. The Morgan fingerprint density at radius 3 is 1.38 bits per heavy atom. The maximum atomic E-state index is 6.69. The predicted octanol–water partition coefficient (Wildman–Crippen LogP) is 16.3. The summed E-state index contributed by atoms with van der Waals surface area (Å²) in [6, 6.07) is 83.3. The van der Waals surface area contributed by atoms with Gasteiger partial charge in [-0.05, 0) is 95.1 Å². The highest BCUT2D eigenvalue weighted by Crippen LogP contribution is 2.42. The molecule has 0 fully saturated rings. The van der Waals surface area contributed by atoms with Gasteiger partial charge in [-0.25, -0.2) is 15.0 Å². The van der Waals surface area contributed by atoms with Crippen LogP contribution in [0.3, 0.4) is 0 Å². The molecule has 0 bridgehead atoms. The number of nitrogens with zero attached hydrogens (tertiary/aromatic N) is 5. The molecule has 4 aromatic heterocycles. The maximum Gasteiger partial charge on any atom is 0.164 e. The van der Waals surface area contributed by atoms with Crippen LogP contribution in [0.4, 0.5) is 0 Å². The number of benzene rings is 10. The number of fused-ring (bicyclic) bond motifs is 9. The molecule has 10 aromatic carbocycles. The zero-order valence-corrected chi connectivity index (χ0v) is 37.2. The molecule has 0 unspecified atom stereocenters. The fourth-order valence-corrected chi connectivity index (χ4v) is 10.4. The van der Waals surface area contributed by atoms with Crippen LogP contribution in [0.5, 0.6) is 0 Å². The van der Waals surface area contributed by atoms with Gasteiger partial charge in [0, 0.05) is 60.4 Å². The van der Waals surface area contributed by atoms with Gasteiger partial charge in [-0.2, -0.15) is 0 Å². The molecule has 0 radical (unpaired) electrons. The second-order valence-electron chi connectivity index (χ2n) is 17.6. The highest BCUT2D eigenvalue weighted by Gasteiger charge is 2.22. The van der Waals surface area contributed by atoms with E-state index < -0.39 is 0 Å². The zero-order valence-electron chi connectivity index (χ0n) is 37.2. The van der Waals surface area contributed by atoms with Gasteiger partial charge in [0.2, 0.25) is 0 Å². The van der Waals surface area contributed by atoms with Crippen LogP contribution in [0.2, 0.25) is 0 Å². The topological polar surface area (TPSA) is 61.7 Å². The first-order valence-corrected chi connectivity index (χ1v) is 23.3. The van der Waals surface area contributed by atoms with E-state index in [4.69, 9.17) is 19.4 Å². The van der Waals surface area contributed by atoms with E-state index in [-0.39, 0.29) is 0 Å².